The fourth-order valence-corrected chi connectivity index (χ4v) is 2.76. The number of ether oxygens (including phenoxy) is 2. The number of carbonyl (C=O) groups is 1. The molecule has 0 aliphatic carbocycles. The van der Waals surface area contributed by atoms with Crippen molar-refractivity contribution < 1.29 is 19.4 Å². The van der Waals surface area contributed by atoms with E-state index in [4.69, 9.17) is 4.74 Å². The van der Waals surface area contributed by atoms with Crippen molar-refractivity contribution in [3.63, 3.8) is 0 Å². The van der Waals surface area contributed by atoms with Crippen molar-refractivity contribution in [1.82, 2.24) is 0 Å². The first kappa shape index (κ1) is 20.2. The van der Waals surface area contributed by atoms with Gasteiger partial charge in [-0.1, -0.05) is 57.6 Å². The summed E-state index contributed by atoms with van der Waals surface area (Å²) in [6.07, 6.45) is 15.6. The number of carbonyl (C=O) groups excluding carboxylic acids is 1. The molecular weight excluding hydrogens is 292 g/mol. The maximum Gasteiger partial charge on any atom is 0.305 e. The molecule has 0 amide bonds. The Kier molecular flexibility index (Phi) is 11.0. The highest BCUT2D eigenvalue weighted by Gasteiger charge is 2.41. The predicted molar refractivity (Wildman–Crippen MR) is 92.3 cm³/mol. The summed E-state index contributed by atoms with van der Waals surface area (Å²) in [7, 11) is 1.44. The first-order chi connectivity index (χ1) is 11.2. The number of unbranched alkanes of at least 4 members (excludes halogenated alkanes) is 7. The average Bonchev–Trinajstić information content (AvgIpc) is 3.32. The van der Waals surface area contributed by atoms with Crippen LogP contribution in [0.5, 0.6) is 0 Å². The van der Waals surface area contributed by atoms with Crippen LogP contribution < -0.4 is 0 Å². The van der Waals surface area contributed by atoms with Gasteiger partial charge in [-0.15, -0.1) is 0 Å². The molecule has 1 aliphatic rings. The molecule has 4 nitrogen and oxygen atoms in total. The van der Waals surface area contributed by atoms with E-state index in [9.17, 15) is 9.90 Å². The summed E-state index contributed by atoms with van der Waals surface area (Å²) in [5.41, 5.74) is 0. The van der Waals surface area contributed by atoms with Gasteiger partial charge >= 0.3 is 5.97 Å². The van der Waals surface area contributed by atoms with Crippen molar-refractivity contribution in [3.8, 4) is 0 Å². The average molecular weight is 326 g/mol. The molecule has 1 fully saturated rings. The quantitative estimate of drug-likeness (QED) is 0.225. The molecule has 1 heterocycles. The Morgan fingerprint density at radius 2 is 1.91 bits per heavy atom. The van der Waals surface area contributed by atoms with Crippen molar-refractivity contribution in [2.24, 2.45) is 0 Å². The van der Waals surface area contributed by atoms with Gasteiger partial charge < -0.3 is 14.6 Å². The van der Waals surface area contributed by atoms with E-state index >= 15 is 0 Å². The number of allylic oxidation sites excluding steroid dienone is 1. The number of epoxide rings is 1. The van der Waals surface area contributed by atoms with E-state index in [0.717, 1.165) is 32.1 Å². The van der Waals surface area contributed by atoms with Crippen LogP contribution in [0, 0.1) is 0 Å². The molecule has 0 spiro atoms. The summed E-state index contributed by atoms with van der Waals surface area (Å²) in [6.45, 7) is 2.17. The minimum absolute atomic E-state index is 0.0291. The van der Waals surface area contributed by atoms with Crippen LogP contribution >= 0.6 is 0 Å². The zero-order valence-electron chi connectivity index (χ0n) is 14.8. The summed E-state index contributed by atoms with van der Waals surface area (Å²) < 4.78 is 10.1. The molecule has 1 saturated heterocycles. The highest BCUT2D eigenvalue weighted by Crippen LogP contribution is 2.29. The second-order valence-electron chi connectivity index (χ2n) is 6.44. The Morgan fingerprint density at radius 3 is 2.65 bits per heavy atom. The lowest BCUT2D eigenvalue weighted by atomic mass is 10.1. The third-order valence-electron chi connectivity index (χ3n) is 4.35. The van der Waals surface area contributed by atoms with Crippen molar-refractivity contribution in [3.05, 3.63) is 12.2 Å². The van der Waals surface area contributed by atoms with Crippen LogP contribution in [-0.4, -0.2) is 36.5 Å². The molecule has 1 rings (SSSR count). The number of hydrogen-bond donors (Lipinski definition) is 1. The molecule has 0 aromatic rings. The topological polar surface area (TPSA) is 59.1 Å². The minimum atomic E-state index is -0.300. The van der Waals surface area contributed by atoms with Gasteiger partial charge in [-0.3, -0.25) is 4.79 Å². The minimum Gasteiger partial charge on any atom is -0.469 e. The van der Waals surface area contributed by atoms with Crippen LogP contribution in [0.1, 0.15) is 77.6 Å². The van der Waals surface area contributed by atoms with Crippen LogP contribution in [0.2, 0.25) is 0 Å². The lowest BCUT2D eigenvalue weighted by molar-refractivity contribution is -0.140. The van der Waals surface area contributed by atoms with Crippen molar-refractivity contribution >= 4 is 5.97 Å². The summed E-state index contributed by atoms with van der Waals surface area (Å²) in [5.74, 6) is -0.108. The second kappa shape index (κ2) is 12.5. The molecule has 0 radical (unpaired) electrons. The number of esters is 1. The number of rotatable bonds is 14. The Bertz CT molecular complexity index is 340. The smallest absolute Gasteiger partial charge is 0.305 e. The normalized spacial score (nSPS) is 21.5. The lowest BCUT2D eigenvalue weighted by Gasteiger charge is -2.05. The summed E-state index contributed by atoms with van der Waals surface area (Å²) in [6, 6.07) is 0. The standard InChI is InChI=1S/C19H34O4/c1-3-4-10-13-16(20)19-17(23-19)14-11-8-6-5-7-9-12-15-18(21)22-2/h11,14,16-17,19-20H,3-10,12-13,15H2,1-2H3/b14-11+/t16-,17-,19-/m0/s1. The molecule has 134 valence electrons. The molecule has 0 bridgehead atoms. The maximum absolute atomic E-state index is 10.9. The highest BCUT2D eigenvalue weighted by atomic mass is 16.6. The van der Waals surface area contributed by atoms with Crippen molar-refractivity contribution in [2.75, 3.05) is 7.11 Å². The van der Waals surface area contributed by atoms with Gasteiger partial charge in [-0.25, -0.2) is 0 Å². The number of aliphatic hydroxyl groups excluding tert-OH is 1. The van der Waals surface area contributed by atoms with Gasteiger partial charge in [-0.2, -0.15) is 0 Å². The van der Waals surface area contributed by atoms with Crippen LogP contribution in [0.15, 0.2) is 12.2 Å². The van der Waals surface area contributed by atoms with Gasteiger partial charge in [0.2, 0.25) is 0 Å². The van der Waals surface area contributed by atoms with Gasteiger partial charge in [0.15, 0.2) is 0 Å². The molecule has 0 saturated carbocycles. The largest absolute Gasteiger partial charge is 0.469 e. The molecule has 1 N–H and O–H groups in total. The molecule has 0 aromatic carbocycles. The number of aliphatic hydroxyl groups is 1. The molecule has 1 aliphatic heterocycles. The number of hydrogen-bond acceptors (Lipinski definition) is 4. The zero-order chi connectivity index (χ0) is 16.9. The molecule has 3 atom stereocenters. The van der Waals surface area contributed by atoms with E-state index in [1.54, 1.807) is 0 Å². The number of methoxy groups -OCH3 is 1. The Labute approximate surface area is 141 Å². The van der Waals surface area contributed by atoms with E-state index in [-0.39, 0.29) is 24.3 Å². The Balaban J connectivity index is 1.91. The Morgan fingerprint density at radius 1 is 1.17 bits per heavy atom. The summed E-state index contributed by atoms with van der Waals surface area (Å²) >= 11 is 0. The van der Waals surface area contributed by atoms with E-state index < -0.39 is 0 Å². The van der Waals surface area contributed by atoms with Crippen LogP contribution in [0.3, 0.4) is 0 Å². The monoisotopic (exact) mass is 326 g/mol. The van der Waals surface area contributed by atoms with E-state index in [0.29, 0.717) is 6.42 Å². The molecule has 0 aromatic heterocycles. The summed E-state index contributed by atoms with van der Waals surface area (Å²) in [4.78, 5) is 10.9. The first-order valence-corrected chi connectivity index (χ1v) is 9.26. The SMILES string of the molecule is CCCCC[C@H](O)[C@@H]1O[C@H]1/C=C/CCCCCCCC(=O)OC. The predicted octanol–water partition coefficient (Wildman–Crippen LogP) is 4.15. The highest BCUT2D eigenvalue weighted by molar-refractivity contribution is 5.68. The molecule has 0 unspecified atom stereocenters. The van der Waals surface area contributed by atoms with Gasteiger partial charge in [0.05, 0.1) is 13.2 Å². The van der Waals surface area contributed by atoms with Gasteiger partial charge in [-0.05, 0) is 25.7 Å². The molecule has 23 heavy (non-hydrogen) atoms. The Hall–Kier alpha value is -0.870. The zero-order valence-corrected chi connectivity index (χ0v) is 14.8. The van der Waals surface area contributed by atoms with E-state index in [2.05, 4.69) is 23.8 Å². The van der Waals surface area contributed by atoms with Crippen LogP contribution in [0.4, 0.5) is 0 Å². The van der Waals surface area contributed by atoms with E-state index in [1.165, 1.54) is 39.2 Å². The fourth-order valence-electron chi connectivity index (χ4n) is 2.76. The second-order valence-corrected chi connectivity index (χ2v) is 6.44. The van der Waals surface area contributed by atoms with E-state index in [1.807, 2.05) is 0 Å². The van der Waals surface area contributed by atoms with Gasteiger partial charge in [0, 0.05) is 6.42 Å². The fraction of sp³-hybridized carbons (Fsp3) is 0.842. The van der Waals surface area contributed by atoms with Crippen molar-refractivity contribution in [2.45, 2.75) is 95.9 Å². The van der Waals surface area contributed by atoms with Crippen molar-refractivity contribution in [1.29, 1.82) is 0 Å². The first-order valence-electron chi connectivity index (χ1n) is 9.26. The van der Waals surface area contributed by atoms with Crippen LogP contribution in [0.25, 0.3) is 0 Å². The van der Waals surface area contributed by atoms with Gasteiger partial charge in [0.25, 0.3) is 0 Å². The van der Waals surface area contributed by atoms with Gasteiger partial charge in [0.1, 0.15) is 12.2 Å². The molecular formula is C19H34O4. The maximum atomic E-state index is 10.9. The molecule has 4 heteroatoms. The lowest BCUT2D eigenvalue weighted by Crippen LogP contribution is -2.16. The third-order valence-corrected chi connectivity index (χ3v) is 4.35. The third kappa shape index (κ3) is 9.77. The van der Waals surface area contributed by atoms with Crippen LogP contribution in [-0.2, 0) is 14.3 Å². The summed E-state index contributed by atoms with van der Waals surface area (Å²) in [5, 5.41) is 9.97.